The Morgan fingerprint density at radius 3 is 2.67 bits per heavy atom. The van der Waals surface area contributed by atoms with Crippen LogP contribution in [0, 0.1) is 5.92 Å². The van der Waals surface area contributed by atoms with Crippen molar-refractivity contribution in [1.82, 2.24) is 0 Å². The molecule has 0 saturated carbocycles. The number of allylic oxidation sites excluding steroid dienone is 4. The molecule has 1 N–H and O–H groups in total. The molecular weight excluding hydrogens is 152 g/mol. The van der Waals surface area contributed by atoms with E-state index in [1.54, 1.807) is 6.92 Å². The molecule has 0 saturated heterocycles. The monoisotopic (exact) mass is 168 g/mol. The first-order valence-electron chi connectivity index (χ1n) is 4.19. The van der Waals surface area contributed by atoms with Gasteiger partial charge < -0.3 is 5.11 Å². The average Bonchev–Trinajstić information content (AvgIpc) is 2.03. The van der Waals surface area contributed by atoms with Crippen molar-refractivity contribution < 1.29 is 9.90 Å². The number of carboxylic acid groups (broad SMARTS) is 1. The lowest BCUT2D eigenvalue weighted by Crippen LogP contribution is -2.08. The van der Waals surface area contributed by atoms with E-state index >= 15 is 0 Å². The van der Waals surface area contributed by atoms with Crippen LogP contribution in [-0.4, -0.2) is 11.1 Å². The third kappa shape index (κ3) is 5.71. The second-order valence-electron chi connectivity index (χ2n) is 2.77. The van der Waals surface area contributed by atoms with Crippen molar-refractivity contribution in [3.63, 3.8) is 0 Å². The summed E-state index contributed by atoms with van der Waals surface area (Å²) in [5.74, 6) is -0.949. The van der Waals surface area contributed by atoms with Crippen LogP contribution in [-0.2, 0) is 4.79 Å². The minimum Gasteiger partial charge on any atom is -0.481 e. The highest BCUT2D eigenvalue weighted by atomic mass is 16.4. The lowest BCUT2D eigenvalue weighted by molar-refractivity contribution is -0.141. The van der Waals surface area contributed by atoms with Gasteiger partial charge in [-0.2, -0.15) is 0 Å². The van der Waals surface area contributed by atoms with Crippen LogP contribution < -0.4 is 0 Å². The molecule has 12 heavy (non-hydrogen) atoms. The van der Waals surface area contributed by atoms with Crippen molar-refractivity contribution in [3.05, 3.63) is 24.3 Å². The fourth-order valence-electron chi connectivity index (χ4n) is 0.756. The molecule has 0 bridgehead atoms. The third-order valence-corrected chi connectivity index (χ3v) is 1.63. The maximum absolute atomic E-state index is 10.4. The SMILES string of the molecule is CC=CC=CCCC(C)C(=O)O. The van der Waals surface area contributed by atoms with Crippen LogP contribution in [0.1, 0.15) is 26.7 Å². The van der Waals surface area contributed by atoms with Crippen molar-refractivity contribution >= 4 is 5.97 Å². The number of rotatable bonds is 5. The maximum Gasteiger partial charge on any atom is 0.306 e. The van der Waals surface area contributed by atoms with Crippen LogP contribution in [0.4, 0.5) is 0 Å². The first-order chi connectivity index (χ1) is 5.68. The zero-order chi connectivity index (χ0) is 9.40. The van der Waals surface area contributed by atoms with Crippen LogP contribution in [0.25, 0.3) is 0 Å². The minimum atomic E-state index is -0.713. The third-order valence-electron chi connectivity index (χ3n) is 1.63. The fourth-order valence-corrected chi connectivity index (χ4v) is 0.756. The van der Waals surface area contributed by atoms with Crippen LogP contribution in [0.3, 0.4) is 0 Å². The Bertz CT molecular complexity index is 180. The lowest BCUT2D eigenvalue weighted by atomic mass is 10.1. The standard InChI is InChI=1S/C10H16O2/c1-3-4-5-6-7-8-9(2)10(11)12/h3-6,9H,7-8H2,1-2H3,(H,11,12). The van der Waals surface area contributed by atoms with Crippen LogP contribution in [0.5, 0.6) is 0 Å². The van der Waals surface area contributed by atoms with Gasteiger partial charge in [-0.3, -0.25) is 4.79 Å². The quantitative estimate of drug-likeness (QED) is 0.641. The van der Waals surface area contributed by atoms with Gasteiger partial charge in [0.2, 0.25) is 0 Å². The van der Waals surface area contributed by atoms with Crippen molar-refractivity contribution in [1.29, 1.82) is 0 Å². The van der Waals surface area contributed by atoms with Gasteiger partial charge in [-0.15, -0.1) is 0 Å². The first kappa shape index (κ1) is 11.0. The molecule has 0 heterocycles. The van der Waals surface area contributed by atoms with Crippen LogP contribution in [0.2, 0.25) is 0 Å². The number of carboxylic acids is 1. The predicted molar refractivity (Wildman–Crippen MR) is 50.0 cm³/mol. The summed E-state index contributed by atoms with van der Waals surface area (Å²) in [7, 11) is 0. The summed E-state index contributed by atoms with van der Waals surface area (Å²) in [6.45, 7) is 3.68. The highest BCUT2D eigenvalue weighted by Crippen LogP contribution is 2.05. The van der Waals surface area contributed by atoms with E-state index in [4.69, 9.17) is 5.11 Å². The van der Waals surface area contributed by atoms with E-state index in [9.17, 15) is 4.79 Å². The average molecular weight is 168 g/mol. The van der Waals surface area contributed by atoms with E-state index < -0.39 is 5.97 Å². The summed E-state index contributed by atoms with van der Waals surface area (Å²) in [4.78, 5) is 10.4. The predicted octanol–water partition coefficient (Wildman–Crippen LogP) is 2.62. The Hall–Kier alpha value is -1.05. The Kier molecular flexibility index (Phi) is 6.07. The second-order valence-corrected chi connectivity index (χ2v) is 2.77. The van der Waals surface area contributed by atoms with Crippen molar-refractivity contribution in [2.75, 3.05) is 0 Å². The number of carbonyl (C=O) groups is 1. The highest BCUT2D eigenvalue weighted by Gasteiger charge is 2.07. The molecule has 0 amide bonds. The number of hydrogen-bond donors (Lipinski definition) is 1. The molecule has 0 aromatic heterocycles. The smallest absolute Gasteiger partial charge is 0.306 e. The summed E-state index contributed by atoms with van der Waals surface area (Å²) in [6.07, 6.45) is 9.35. The molecule has 2 nitrogen and oxygen atoms in total. The van der Waals surface area contributed by atoms with Gasteiger partial charge in [-0.1, -0.05) is 31.2 Å². The molecular formula is C10H16O2. The molecule has 2 heteroatoms. The van der Waals surface area contributed by atoms with Gasteiger partial charge in [0.25, 0.3) is 0 Å². The molecule has 0 fully saturated rings. The van der Waals surface area contributed by atoms with Crippen LogP contribution in [0.15, 0.2) is 24.3 Å². The Morgan fingerprint density at radius 2 is 2.17 bits per heavy atom. The van der Waals surface area contributed by atoms with Crippen molar-refractivity contribution in [2.45, 2.75) is 26.7 Å². The van der Waals surface area contributed by atoms with E-state index in [2.05, 4.69) is 0 Å². The van der Waals surface area contributed by atoms with E-state index in [0.717, 1.165) is 6.42 Å². The molecule has 0 aromatic carbocycles. The topological polar surface area (TPSA) is 37.3 Å². The molecule has 0 aliphatic carbocycles. The van der Waals surface area contributed by atoms with Gasteiger partial charge in [0, 0.05) is 0 Å². The molecule has 0 aliphatic heterocycles. The highest BCUT2D eigenvalue weighted by molar-refractivity contribution is 5.69. The molecule has 0 rings (SSSR count). The number of hydrogen-bond acceptors (Lipinski definition) is 1. The van der Waals surface area contributed by atoms with Gasteiger partial charge in [-0.25, -0.2) is 0 Å². The molecule has 1 atom stereocenters. The van der Waals surface area contributed by atoms with Gasteiger partial charge in [-0.05, 0) is 19.8 Å². The van der Waals surface area contributed by atoms with E-state index in [1.807, 2.05) is 31.2 Å². The van der Waals surface area contributed by atoms with Crippen LogP contribution >= 0.6 is 0 Å². The van der Waals surface area contributed by atoms with Crippen molar-refractivity contribution in [3.8, 4) is 0 Å². The summed E-state index contributed by atoms with van der Waals surface area (Å²) in [5.41, 5.74) is 0. The summed E-state index contributed by atoms with van der Waals surface area (Å²) < 4.78 is 0. The molecule has 0 radical (unpaired) electrons. The van der Waals surface area contributed by atoms with E-state index in [-0.39, 0.29) is 5.92 Å². The lowest BCUT2D eigenvalue weighted by Gasteiger charge is -2.01. The summed E-state index contributed by atoms with van der Waals surface area (Å²) in [6, 6.07) is 0. The van der Waals surface area contributed by atoms with Gasteiger partial charge >= 0.3 is 5.97 Å². The summed E-state index contributed by atoms with van der Waals surface area (Å²) >= 11 is 0. The normalized spacial score (nSPS) is 14.2. The van der Waals surface area contributed by atoms with E-state index in [0.29, 0.717) is 6.42 Å². The number of aliphatic carboxylic acids is 1. The van der Waals surface area contributed by atoms with Crippen molar-refractivity contribution in [2.24, 2.45) is 5.92 Å². The second kappa shape index (κ2) is 6.65. The Morgan fingerprint density at radius 1 is 1.50 bits per heavy atom. The Balaban J connectivity index is 3.49. The molecule has 0 aromatic rings. The zero-order valence-corrected chi connectivity index (χ0v) is 7.66. The zero-order valence-electron chi connectivity index (χ0n) is 7.66. The molecule has 0 aliphatic rings. The molecule has 68 valence electrons. The van der Waals surface area contributed by atoms with Gasteiger partial charge in [0.05, 0.1) is 5.92 Å². The Labute approximate surface area is 73.6 Å². The fraction of sp³-hybridized carbons (Fsp3) is 0.500. The first-order valence-corrected chi connectivity index (χ1v) is 4.19. The maximum atomic E-state index is 10.4. The molecule has 1 unspecified atom stereocenters. The van der Waals surface area contributed by atoms with Gasteiger partial charge in [0.15, 0.2) is 0 Å². The van der Waals surface area contributed by atoms with E-state index in [1.165, 1.54) is 0 Å². The summed E-state index contributed by atoms with van der Waals surface area (Å²) in [5, 5.41) is 8.55. The van der Waals surface area contributed by atoms with Gasteiger partial charge in [0.1, 0.15) is 0 Å². The molecule has 0 spiro atoms. The largest absolute Gasteiger partial charge is 0.481 e. The minimum absolute atomic E-state index is 0.236.